The van der Waals surface area contributed by atoms with Crippen LogP contribution in [0.25, 0.3) is 5.70 Å². The van der Waals surface area contributed by atoms with Crippen LogP contribution in [0.2, 0.25) is 0 Å². The molecule has 0 aromatic heterocycles. The zero-order valence-corrected chi connectivity index (χ0v) is 17.0. The lowest BCUT2D eigenvalue weighted by atomic mass is 9.96. The fourth-order valence-corrected chi connectivity index (χ4v) is 4.19. The first kappa shape index (κ1) is 17.7. The number of likely N-dealkylation sites (N-methyl/N-ethyl adjacent to an activating group) is 1. The van der Waals surface area contributed by atoms with Gasteiger partial charge in [-0.05, 0) is 38.1 Å². The molecule has 1 fully saturated rings. The molecule has 0 saturated carbocycles. The van der Waals surface area contributed by atoms with Crippen molar-refractivity contribution in [1.29, 1.82) is 0 Å². The van der Waals surface area contributed by atoms with Crippen LogP contribution in [-0.2, 0) is 0 Å². The zero-order chi connectivity index (χ0) is 18.4. The van der Waals surface area contributed by atoms with Crippen LogP contribution in [0.4, 0.5) is 10.1 Å². The standard InChI is InChI=1S/C19H23BrFN5/c1-4-13-9-12(2)23-26-18(13)15-10-14(20)11-16(21)17(15)22-19(26)25-7-5-24(3)6-8-25/h10-11H,4-9H2,1-3H3. The summed E-state index contributed by atoms with van der Waals surface area (Å²) < 4.78 is 15.5. The van der Waals surface area contributed by atoms with Crippen molar-refractivity contribution < 1.29 is 4.39 Å². The summed E-state index contributed by atoms with van der Waals surface area (Å²) in [6, 6.07) is 3.44. The van der Waals surface area contributed by atoms with Crippen molar-refractivity contribution >= 4 is 39.0 Å². The van der Waals surface area contributed by atoms with Crippen LogP contribution < -0.4 is 0 Å². The smallest absolute Gasteiger partial charge is 0.227 e. The zero-order valence-electron chi connectivity index (χ0n) is 15.4. The Hall–Kier alpha value is -1.73. The van der Waals surface area contributed by atoms with Crippen LogP contribution in [-0.4, -0.2) is 59.7 Å². The van der Waals surface area contributed by atoms with E-state index in [4.69, 9.17) is 10.1 Å². The fraction of sp³-hybridized carbons (Fsp3) is 0.474. The molecule has 0 bridgehead atoms. The molecule has 0 unspecified atom stereocenters. The first-order valence-electron chi connectivity index (χ1n) is 9.05. The van der Waals surface area contributed by atoms with Crippen molar-refractivity contribution in [1.82, 2.24) is 14.8 Å². The van der Waals surface area contributed by atoms with Crippen LogP contribution in [0.5, 0.6) is 0 Å². The van der Waals surface area contributed by atoms with Crippen molar-refractivity contribution in [2.45, 2.75) is 26.7 Å². The number of halogens is 2. The highest BCUT2D eigenvalue weighted by Crippen LogP contribution is 2.43. The van der Waals surface area contributed by atoms with Crippen LogP contribution >= 0.6 is 15.9 Å². The summed E-state index contributed by atoms with van der Waals surface area (Å²) in [6.07, 6.45) is 1.73. The molecule has 3 aliphatic rings. The maximum atomic E-state index is 14.8. The number of hydrogen-bond acceptors (Lipinski definition) is 5. The van der Waals surface area contributed by atoms with Gasteiger partial charge in [-0.2, -0.15) is 10.1 Å². The Balaban J connectivity index is 1.89. The topological polar surface area (TPSA) is 34.4 Å². The van der Waals surface area contributed by atoms with Gasteiger partial charge in [0.25, 0.3) is 0 Å². The number of hydrogen-bond donors (Lipinski definition) is 0. The van der Waals surface area contributed by atoms with E-state index in [1.807, 2.05) is 18.0 Å². The maximum Gasteiger partial charge on any atom is 0.227 e. The molecule has 3 heterocycles. The molecule has 1 saturated heterocycles. The monoisotopic (exact) mass is 419 g/mol. The third kappa shape index (κ3) is 2.97. The van der Waals surface area contributed by atoms with E-state index >= 15 is 0 Å². The number of allylic oxidation sites excluding steroid dienone is 1. The summed E-state index contributed by atoms with van der Waals surface area (Å²) in [6.45, 7) is 7.85. The summed E-state index contributed by atoms with van der Waals surface area (Å²) >= 11 is 3.43. The molecule has 0 N–H and O–H groups in total. The van der Waals surface area contributed by atoms with Gasteiger partial charge in [0.2, 0.25) is 5.96 Å². The molecule has 3 aliphatic heterocycles. The lowest BCUT2D eigenvalue weighted by Crippen LogP contribution is -2.52. The van der Waals surface area contributed by atoms with Crippen molar-refractivity contribution in [2.75, 3.05) is 33.2 Å². The number of nitrogens with zero attached hydrogens (tertiary/aromatic N) is 5. The van der Waals surface area contributed by atoms with E-state index in [1.165, 1.54) is 11.6 Å². The van der Waals surface area contributed by atoms with E-state index in [0.717, 1.165) is 66.4 Å². The maximum absolute atomic E-state index is 14.8. The summed E-state index contributed by atoms with van der Waals surface area (Å²) in [5, 5.41) is 6.75. The van der Waals surface area contributed by atoms with Crippen LogP contribution in [0.1, 0.15) is 32.3 Å². The number of hydrazone groups is 1. The summed E-state index contributed by atoms with van der Waals surface area (Å²) in [5.74, 6) is 0.446. The third-order valence-electron chi connectivity index (χ3n) is 5.18. The largest absolute Gasteiger partial charge is 0.338 e. The Bertz CT molecular complexity index is 837. The van der Waals surface area contributed by atoms with E-state index < -0.39 is 0 Å². The van der Waals surface area contributed by atoms with E-state index in [1.54, 1.807) is 0 Å². The molecule has 5 nitrogen and oxygen atoms in total. The second-order valence-electron chi connectivity index (χ2n) is 7.12. The Labute approximate surface area is 162 Å². The van der Waals surface area contributed by atoms with E-state index in [0.29, 0.717) is 5.69 Å². The molecule has 7 heteroatoms. The Morgan fingerprint density at radius 2 is 1.92 bits per heavy atom. The molecule has 1 aromatic rings. The summed E-state index contributed by atoms with van der Waals surface area (Å²) in [4.78, 5) is 9.25. The molecule has 4 rings (SSSR count). The van der Waals surface area contributed by atoms with Crippen molar-refractivity contribution in [3.63, 3.8) is 0 Å². The van der Waals surface area contributed by atoms with Gasteiger partial charge in [-0.25, -0.2) is 9.38 Å². The van der Waals surface area contributed by atoms with Gasteiger partial charge < -0.3 is 9.80 Å². The number of piperazine rings is 1. The van der Waals surface area contributed by atoms with Gasteiger partial charge in [0.1, 0.15) is 5.69 Å². The minimum atomic E-state index is -0.296. The van der Waals surface area contributed by atoms with Crippen molar-refractivity contribution in [3.8, 4) is 0 Å². The van der Waals surface area contributed by atoms with Gasteiger partial charge in [-0.3, -0.25) is 0 Å². The molecule has 0 spiro atoms. The SMILES string of the molecule is CCC1=C2c3cc(Br)cc(F)c3N=C(N3CCN(C)CC3)N2N=C(C)C1. The van der Waals surface area contributed by atoms with Crippen LogP contribution in [0.15, 0.2) is 32.3 Å². The first-order chi connectivity index (χ1) is 12.5. The van der Waals surface area contributed by atoms with Gasteiger partial charge in [-0.15, -0.1) is 0 Å². The van der Waals surface area contributed by atoms with E-state index in [9.17, 15) is 4.39 Å². The number of fused-ring (bicyclic) bond motifs is 3. The Morgan fingerprint density at radius 1 is 1.19 bits per heavy atom. The van der Waals surface area contributed by atoms with Gasteiger partial charge in [-0.1, -0.05) is 22.9 Å². The van der Waals surface area contributed by atoms with Gasteiger partial charge in [0.05, 0.1) is 5.70 Å². The average Bonchev–Trinajstić information content (AvgIpc) is 2.61. The fourth-order valence-electron chi connectivity index (χ4n) is 3.76. The van der Waals surface area contributed by atoms with Gasteiger partial charge in [0, 0.05) is 48.3 Å². The lowest BCUT2D eigenvalue weighted by molar-refractivity contribution is 0.203. The molecule has 138 valence electrons. The van der Waals surface area contributed by atoms with Gasteiger partial charge in [0.15, 0.2) is 5.82 Å². The quantitative estimate of drug-likeness (QED) is 0.688. The number of guanidine groups is 1. The molecule has 0 aliphatic carbocycles. The third-order valence-corrected chi connectivity index (χ3v) is 5.64. The predicted molar refractivity (Wildman–Crippen MR) is 107 cm³/mol. The van der Waals surface area contributed by atoms with E-state index in [-0.39, 0.29) is 5.82 Å². The molecular formula is C19H23BrFN5. The van der Waals surface area contributed by atoms with E-state index in [2.05, 4.69) is 39.7 Å². The number of aliphatic imine (C=N–C) groups is 1. The second kappa shape index (κ2) is 6.78. The minimum absolute atomic E-state index is 0.296. The van der Waals surface area contributed by atoms with Crippen molar-refractivity contribution in [3.05, 3.63) is 33.6 Å². The number of benzene rings is 1. The highest BCUT2D eigenvalue weighted by molar-refractivity contribution is 9.10. The van der Waals surface area contributed by atoms with Crippen LogP contribution in [0.3, 0.4) is 0 Å². The normalized spacial score (nSPS) is 20.7. The van der Waals surface area contributed by atoms with Gasteiger partial charge >= 0.3 is 0 Å². The Morgan fingerprint density at radius 3 is 2.62 bits per heavy atom. The lowest BCUT2D eigenvalue weighted by Gasteiger charge is -2.41. The molecule has 26 heavy (non-hydrogen) atoms. The first-order valence-corrected chi connectivity index (χ1v) is 9.85. The summed E-state index contributed by atoms with van der Waals surface area (Å²) in [5.41, 5.74) is 4.58. The summed E-state index contributed by atoms with van der Waals surface area (Å²) in [7, 11) is 2.12. The molecule has 1 aromatic carbocycles. The number of rotatable bonds is 1. The van der Waals surface area contributed by atoms with Crippen molar-refractivity contribution in [2.24, 2.45) is 10.1 Å². The average molecular weight is 420 g/mol. The second-order valence-corrected chi connectivity index (χ2v) is 8.03. The molecule has 0 atom stereocenters. The molecule has 0 radical (unpaired) electrons. The minimum Gasteiger partial charge on any atom is -0.338 e. The predicted octanol–water partition coefficient (Wildman–Crippen LogP) is 4.04. The highest BCUT2D eigenvalue weighted by Gasteiger charge is 2.35. The Kier molecular flexibility index (Phi) is 4.61. The molecular weight excluding hydrogens is 397 g/mol. The molecule has 0 amide bonds. The highest BCUT2D eigenvalue weighted by atomic mass is 79.9. The van der Waals surface area contributed by atoms with Crippen LogP contribution in [0, 0.1) is 5.82 Å².